The van der Waals surface area contributed by atoms with Crippen LogP contribution in [0.4, 0.5) is 5.69 Å². The van der Waals surface area contributed by atoms with Crippen LogP contribution in [-0.2, 0) is 6.54 Å². The number of benzene rings is 2. The van der Waals surface area contributed by atoms with E-state index in [1.54, 1.807) is 30.5 Å². The fourth-order valence-electron chi connectivity index (χ4n) is 2.36. The highest BCUT2D eigenvalue weighted by atomic mass is 35.5. The predicted octanol–water partition coefficient (Wildman–Crippen LogP) is 2.90. The minimum Gasteiger partial charge on any atom is -0.322 e. The van der Waals surface area contributed by atoms with E-state index in [2.05, 4.69) is 10.5 Å². The number of rotatable bonds is 4. The van der Waals surface area contributed by atoms with Gasteiger partial charge in [0, 0.05) is 5.02 Å². The Morgan fingerprint density at radius 1 is 1.09 bits per heavy atom. The Labute approximate surface area is 138 Å². The summed E-state index contributed by atoms with van der Waals surface area (Å²) in [7, 11) is 0. The van der Waals surface area contributed by atoms with E-state index in [4.69, 9.17) is 17.4 Å². The van der Waals surface area contributed by atoms with E-state index in [0.29, 0.717) is 22.8 Å². The van der Waals surface area contributed by atoms with Crippen molar-refractivity contribution in [2.75, 3.05) is 5.43 Å². The largest absolute Gasteiger partial charge is 0.322 e. The number of anilines is 1. The number of aromatic nitrogens is 2. The third-order valence-corrected chi connectivity index (χ3v) is 3.76. The Morgan fingerprint density at radius 3 is 2.43 bits per heavy atom. The Bertz CT molecular complexity index is 860. The first-order valence-electron chi connectivity index (χ1n) is 7.05. The molecule has 1 aromatic heterocycles. The first-order chi connectivity index (χ1) is 11.2. The summed E-state index contributed by atoms with van der Waals surface area (Å²) >= 11 is 5.92. The zero-order chi connectivity index (χ0) is 16.2. The lowest BCUT2D eigenvalue weighted by Gasteiger charge is -2.12. The molecule has 0 aliphatic rings. The highest BCUT2D eigenvalue weighted by Crippen LogP contribution is 2.24. The van der Waals surface area contributed by atoms with Gasteiger partial charge in [-0.15, -0.1) is 0 Å². The molecular formula is C17H15ClN4O. The van der Waals surface area contributed by atoms with Crippen molar-refractivity contribution in [3.8, 4) is 11.1 Å². The molecule has 0 atom stereocenters. The van der Waals surface area contributed by atoms with Crippen LogP contribution in [0.25, 0.3) is 11.1 Å². The third-order valence-electron chi connectivity index (χ3n) is 3.51. The van der Waals surface area contributed by atoms with Gasteiger partial charge in [-0.05, 0) is 23.3 Å². The van der Waals surface area contributed by atoms with Crippen LogP contribution in [0.15, 0.2) is 65.6 Å². The Kier molecular flexibility index (Phi) is 4.41. The van der Waals surface area contributed by atoms with Crippen LogP contribution in [0.1, 0.15) is 5.56 Å². The van der Waals surface area contributed by atoms with Gasteiger partial charge < -0.3 is 5.43 Å². The fraction of sp³-hybridized carbons (Fsp3) is 0.0588. The quantitative estimate of drug-likeness (QED) is 0.571. The molecule has 3 rings (SSSR count). The Morgan fingerprint density at radius 2 is 1.78 bits per heavy atom. The van der Waals surface area contributed by atoms with Gasteiger partial charge in [-0.1, -0.05) is 54.1 Å². The zero-order valence-corrected chi connectivity index (χ0v) is 13.0. The van der Waals surface area contributed by atoms with Crippen LogP contribution in [0.3, 0.4) is 0 Å². The van der Waals surface area contributed by atoms with Crippen LogP contribution in [0.5, 0.6) is 0 Å². The molecule has 0 fully saturated rings. The summed E-state index contributed by atoms with van der Waals surface area (Å²) in [5, 5.41) is 4.79. The maximum absolute atomic E-state index is 12.8. The average molecular weight is 327 g/mol. The van der Waals surface area contributed by atoms with Crippen LogP contribution < -0.4 is 16.8 Å². The SMILES string of the molecule is NNc1cnn(Cc2ccccc2)c(=O)c1-c1ccc(Cl)cc1. The second kappa shape index (κ2) is 6.64. The molecule has 0 aliphatic carbocycles. The lowest BCUT2D eigenvalue weighted by atomic mass is 10.1. The third kappa shape index (κ3) is 3.26. The molecule has 0 aliphatic heterocycles. The van der Waals surface area contributed by atoms with Crippen molar-refractivity contribution in [1.82, 2.24) is 9.78 Å². The summed E-state index contributed by atoms with van der Waals surface area (Å²) in [4.78, 5) is 12.8. The lowest BCUT2D eigenvalue weighted by Crippen LogP contribution is -2.27. The summed E-state index contributed by atoms with van der Waals surface area (Å²) in [5.74, 6) is 5.53. The summed E-state index contributed by atoms with van der Waals surface area (Å²) in [6.07, 6.45) is 1.55. The summed E-state index contributed by atoms with van der Waals surface area (Å²) in [6, 6.07) is 16.7. The average Bonchev–Trinajstić information content (AvgIpc) is 2.58. The second-order valence-corrected chi connectivity index (χ2v) is 5.47. The molecule has 0 unspecified atom stereocenters. The van der Waals surface area contributed by atoms with Crippen molar-refractivity contribution in [1.29, 1.82) is 0 Å². The van der Waals surface area contributed by atoms with Crippen molar-refractivity contribution in [2.45, 2.75) is 6.54 Å². The van der Waals surface area contributed by atoms with Gasteiger partial charge >= 0.3 is 0 Å². The maximum Gasteiger partial charge on any atom is 0.277 e. The second-order valence-electron chi connectivity index (χ2n) is 5.03. The van der Waals surface area contributed by atoms with E-state index >= 15 is 0 Å². The highest BCUT2D eigenvalue weighted by molar-refractivity contribution is 6.30. The lowest BCUT2D eigenvalue weighted by molar-refractivity contribution is 0.641. The first-order valence-corrected chi connectivity index (χ1v) is 7.43. The molecule has 116 valence electrons. The molecule has 0 saturated heterocycles. The number of hydrogen-bond donors (Lipinski definition) is 2. The number of hydrogen-bond acceptors (Lipinski definition) is 4. The molecule has 0 amide bonds. The molecule has 0 spiro atoms. The predicted molar refractivity (Wildman–Crippen MR) is 92.3 cm³/mol. The highest BCUT2D eigenvalue weighted by Gasteiger charge is 2.13. The van der Waals surface area contributed by atoms with Gasteiger partial charge in [0.25, 0.3) is 5.56 Å². The van der Waals surface area contributed by atoms with Gasteiger partial charge in [-0.3, -0.25) is 10.6 Å². The van der Waals surface area contributed by atoms with E-state index in [1.807, 2.05) is 30.3 Å². The van der Waals surface area contributed by atoms with E-state index in [1.165, 1.54) is 4.68 Å². The monoisotopic (exact) mass is 326 g/mol. The molecule has 5 nitrogen and oxygen atoms in total. The summed E-state index contributed by atoms with van der Waals surface area (Å²) in [5.41, 5.74) is 4.99. The van der Waals surface area contributed by atoms with Crippen molar-refractivity contribution in [3.63, 3.8) is 0 Å². The Balaban J connectivity index is 2.09. The molecule has 3 aromatic rings. The van der Waals surface area contributed by atoms with Crippen LogP contribution in [0.2, 0.25) is 5.02 Å². The van der Waals surface area contributed by atoms with E-state index in [-0.39, 0.29) is 5.56 Å². The van der Waals surface area contributed by atoms with Gasteiger partial charge in [0.15, 0.2) is 0 Å². The maximum atomic E-state index is 12.8. The molecule has 2 aromatic carbocycles. The van der Waals surface area contributed by atoms with Crippen molar-refractivity contribution >= 4 is 17.3 Å². The standard InChI is InChI=1S/C17H15ClN4O/c18-14-8-6-13(7-9-14)16-15(21-19)10-20-22(17(16)23)11-12-4-2-1-3-5-12/h1-10,21H,11,19H2. The van der Waals surface area contributed by atoms with E-state index in [9.17, 15) is 4.79 Å². The normalized spacial score (nSPS) is 10.5. The molecular weight excluding hydrogens is 312 g/mol. The molecule has 3 N–H and O–H groups in total. The summed E-state index contributed by atoms with van der Waals surface area (Å²) in [6.45, 7) is 0.394. The Hall–Kier alpha value is -2.63. The summed E-state index contributed by atoms with van der Waals surface area (Å²) < 4.78 is 1.42. The van der Waals surface area contributed by atoms with Gasteiger partial charge in [0.2, 0.25) is 0 Å². The fourth-order valence-corrected chi connectivity index (χ4v) is 2.49. The molecule has 6 heteroatoms. The van der Waals surface area contributed by atoms with Gasteiger partial charge in [0.1, 0.15) is 0 Å². The number of nitrogens with zero attached hydrogens (tertiary/aromatic N) is 2. The van der Waals surface area contributed by atoms with Gasteiger partial charge in [-0.25, -0.2) is 4.68 Å². The minimum atomic E-state index is -0.216. The molecule has 0 saturated carbocycles. The molecule has 1 heterocycles. The number of nitrogen functional groups attached to an aromatic ring is 1. The van der Waals surface area contributed by atoms with E-state index in [0.717, 1.165) is 11.1 Å². The minimum absolute atomic E-state index is 0.216. The molecule has 23 heavy (non-hydrogen) atoms. The smallest absolute Gasteiger partial charge is 0.277 e. The van der Waals surface area contributed by atoms with Crippen LogP contribution in [-0.4, -0.2) is 9.78 Å². The zero-order valence-electron chi connectivity index (χ0n) is 12.2. The first kappa shape index (κ1) is 15.3. The van der Waals surface area contributed by atoms with Crippen LogP contribution in [0, 0.1) is 0 Å². The number of halogens is 1. The number of nitrogens with two attached hydrogens (primary N) is 1. The number of hydrazine groups is 1. The van der Waals surface area contributed by atoms with Crippen molar-refractivity contribution in [2.24, 2.45) is 5.84 Å². The van der Waals surface area contributed by atoms with Crippen molar-refractivity contribution < 1.29 is 0 Å². The van der Waals surface area contributed by atoms with Gasteiger partial charge in [0.05, 0.1) is 24.0 Å². The van der Waals surface area contributed by atoms with Crippen molar-refractivity contribution in [3.05, 3.63) is 81.7 Å². The van der Waals surface area contributed by atoms with Crippen LogP contribution >= 0.6 is 11.6 Å². The number of nitrogens with one attached hydrogen (secondary N) is 1. The molecule has 0 bridgehead atoms. The van der Waals surface area contributed by atoms with E-state index < -0.39 is 0 Å². The van der Waals surface area contributed by atoms with Gasteiger partial charge in [-0.2, -0.15) is 5.10 Å². The molecule has 0 radical (unpaired) electrons. The topological polar surface area (TPSA) is 72.9 Å².